The zero-order valence-electron chi connectivity index (χ0n) is 17.0. The van der Waals surface area contributed by atoms with Gasteiger partial charge in [-0.25, -0.2) is 0 Å². The SMILES string of the molecule is COc1ccc(CNC(=O)/C(C#N)=C\c2ccc(OCc3ccc(Br)cc3)cc2)cc1. The number of ether oxygens (including phenoxy) is 2. The number of halogens is 1. The highest BCUT2D eigenvalue weighted by molar-refractivity contribution is 9.10. The van der Waals surface area contributed by atoms with E-state index in [1.807, 2.05) is 78.9 Å². The van der Waals surface area contributed by atoms with E-state index < -0.39 is 5.91 Å². The van der Waals surface area contributed by atoms with Crippen molar-refractivity contribution in [3.63, 3.8) is 0 Å². The van der Waals surface area contributed by atoms with Gasteiger partial charge in [0.05, 0.1) is 7.11 Å². The van der Waals surface area contributed by atoms with Crippen molar-refractivity contribution in [3.8, 4) is 17.6 Å². The van der Waals surface area contributed by atoms with Crippen molar-refractivity contribution in [3.05, 3.63) is 99.5 Å². The highest BCUT2D eigenvalue weighted by atomic mass is 79.9. The number of rotatable bonds is 8. The quantitative estimate of drug-likeness (QED) is 0.355. The smallest absolute Gasteiger partial charge is 0.262 e. The number of carbonyl (C=O) groups excluding carboxylic acids is 1. The molecule has 6 heteroatoms. The highest BCUT2D eigenvalue weighted by Gasteiger charge is 2.09. The van der Waals surface area contributed by atoms with E-state index in [1.165, 1.54) is 0 Å². The largest absolute Gasteiger partial charge is 0.497 e. The standard InChI is InChI=1S/C25H21BrN2O3/c1-30-23-10-6-19(7-11-23)16-28-25(29)21(15-27)14-18-4-12-24(13-5-18)31-17-20-2-8-22(26)9-3-20/h2-14H,16-17H2,1H3,(H,28,29)/b21-14-. The maximum atomic E-state index is 12.4. The number of hydrogen-bond donors (Lipinski definition) is 1. The van der Waals surface area contributed by atoms with E-state index in [1.54, 1.807) is 13.2 Å². The van der Waals surface area contributed by atoms with Gasteiger partial charge in [-0.05, 0) is 59.2 Å². The van der Waals surface area contributed by atoms with Crippen LogP contribution in [0.1, 0.15) is 16.7 Å². The molecule has 0 radical (unpaired) electrons. The summed E-state index contributed by atoms with van der Waals surface area (Å²) in [5, 5.41) is 12.1. The molecule has 0 saturated carbocycles. The van der Waals surface area contributed by atoms with Gasteiger partial charge in [0.2, 0.25) is 0 Å². The summed E-state index contributed by atoms with van der Waals surface area (Å²) in [6, 6.07) is 24.5. The number of nitrogens with zero attached hydrogens (tertiary/aromatic N) is 1. The Hall–Kier alpha value is -3.56. The molecule has 0 saturated heterocycles. The Kier molecular flexibility index (Phi) is 7.85. The highest BCUT2D eigenvalue weighted by Crippen LogP contribution is 2.17. The fraction of sp³-hybridized carbons (Fsp3) is 0.120. The Morgan fingerprint density at radius 2 is 1.58 bits per heavy atom. The first-order chi connectivity index (χ1) is 15.1. The lowest BCUT2D eigenvalue weighted by Crippen LogP contribution is -2.23. The molecule has 3 rings (SSSR count). The average Bonchev–Trinajstić information content (AvgIpc) is 2.81. The summed E-state index contributed by atoms with van der Waals surface area (Å²) < 4.78 is 11.9. The van der Waals surface area contributed by atoms with Crippen LogP contribution >= 0.6 is 15.9 Å². The number of amides is 1. The van der Waals surface area contributed by atoms with Crippen molar-refractivity contribution in [2.24, 2.45) is 0 Å². The van der Waals surface area contributed by atoms with Crippen LogP contribution in [0.5, 0.6) is 11.5 Å². The lowest BCUT2D eigenvalue weighted by atomic mass is 10.1. The predicted octanol–water partition coefficient (Wildman–Crippen LogP) is 5.26. The summed E-state index contributed by atoms with van der Waals surface area (Å²) in [6.07, 6.45) is 1.56. The Morgan fingerprint density at radius 3 is 2.19 bits per heavy atom. The van der Waals surface area contributed by atoms with E-state index in [2.05, 4.69) is 21.2 Å². The van der Waals surface area contributed by atoms with E-state index in [-0.39, 0.29) is 5.57 Å². The molecule has 0 bridgehead atoms. The molecule has 3 aromatic carbocycles. The molecule has 0 aliphatic carbocycles. The number of nitrogens with one attached hydrogen (secondary N) is 1. The van der Waals surface area contributed by atoms with E-state index in [0.29, 0.717) is 18.9 Å². The Balaban J connectivity index is 1.57. The zero-order valence-corrected chi connectivity index (χ0v) is 18.6. The number of hydrogen-bond acceptors (Lipinski definition) is 4. The molecule has 1 amide bonds. The van der Waals surface area contributed by atoms with Gasteiger partial charge in [-0.3, -0.25) is 4.79 Å². The lowest BCUT2D eigenvalue weighted by Gasteiger charge is -2.07. The Bertz CT molecular complexity index is 1080. The second-order valence-corrected chi connectivity index (χ2v) is 7.60. The van der Waals surface area contributed by atoms with Gasteiger partial charge in [0.15, 0.2) is 0 Å². The number of carbonyl (C=O) groups is 1. The van der Waals surface area contributed by atoms with Crippen LogP contribution in [0.2, 0.25) is 0 Å². The summed E-state index contributed by atoms with van der Waals surface area (Å²) in [4.78, 5) is 12.4. The molecule has 156 valence electrons. The van der Waals surface area contributed by atoms with E-state index in [4.69, 9.17) is 9.47 Å². The minimum Gasteiger partial charge on any atom is -0.497 e. The molecule has 0 atom stereocenters. The summed E-state index contributed by atoms with van der Waals surface area (Å²) >= 11 is 3.41. The van der Waals surface area contributed by atoms with Gasteiger partial charge in [-0.1, -0.05) is 52.3 Å². The van der Waals surface area contributed by atoms with Crippen LogP contribution in [0.3, 0.4) is 0 Å². The summed E-state index contributed by atoms with van der Waals surface area (Å²) in [6.45, 7) is 0.782. The van der Waals surface area contributed by atoms with Crippen LogP contribution in [0, 0.1) is 11.3 Å². The van der Waals surface area contributed by atoms with E-state index >= 15 is 0 Å². The Morgan fingerprint density at radius 1 is 0.968 bits per heavy atom. The fourth-order valence-electron chi connectivity index (χ4n) is 2.74. The molecule has 0 aromatic heterocycles. The molecule has 0 heterocycles. The number of nitriles is 1. The summed E-state index contributed by atoms with van der Waals surface area (Å²) in [7, 11) is 1.60. The van der Waals surface area contributed by atoms with Gasteiger partial charge in [-0.2, -0.15) is 5.26 Å². The summed E-state index contributed by atoms with van der Waals surface area (Å²) in [5.74, 6) is 1.04. The minimum atomic E-state index is -0.422. The molecule has 5 nitrogen and oxygen atoms in total. The van der Waals surface area contributed by atoms with Crippen molar-refractivity contribution in [2.75, 3.05) is 7.11 Å². The first kappa shape index (κ1) is 22.1. The normalized spacial score (nSPS) is 10.8. The first-order valence-corrected chi connectivity index (χ1v) is 10.4. The molecule has 31 heavy (non-hydrogen) atoms. The van der Waals surface area contributed by atoms with Gasteiger partial charge in [-0.15, -0.1) is 0 Å². The predicted molar refractivity (Wildman–Crippen MR) is 123 cm³/mol. The van der Waals surface area contributed by atoms with Gasteiger partial charge >= 0.3 is 0 Å². The van der Waals surface area contributed by atoms with E-state index in [0.717, 1.165) is 26.9 Å². The molecule has 0 spiro atoms. The van der Waals surface area contributed by atoms with Crippen molar-refractivity contribution in [2.45, 2.75) is 13.2 Å². The number of methoxy groups -OCH3 is 1. The third-order valence-electron chi connectivity index (χ3n) is 4.49. The van der Waals surface area contributed by atoms with E-state index in [9.17, 15) is 10.1 Å². The molecular formula is C25H21BrN2O3. The molecule has 1 N–H and O–H groups in total. The maximum absolute atomic E-state index is 12.4. The number of benzene rings is 3. The third-order valence-corrected chi connectivity index (χ3v) is 5.02. The molecule has 3 aromatic rings. The molecular weight excluding hydrogens is 456 g/mol. The second kappa shape index (κ2) is 11.0. The lowest BCUT2D eigenvalue weighted by molar-refractivity contribution is -0.117. The van der Waals surface area contributed by atoms with Crippen molar-refractivity contribution in [1.29, 1.82) is 5.26 Å². The molecule has 0 aliphatic rings. The van der Waals surface area contributed by atoms with Crippen molar-refractivity contribution >= 4 is 27.9 Å². The van der Waals surface area contributed by atoms with Crippen LogP contribution in [0.25, 0.3) is 6.08 Å². The van der Waals surface area contributed by atoms with Crippen molar-refractivity contribution in [1.82, 2.24) is 5.32 Å². The average molecular weight is 477 g/mol. The Labute approximate surface area is 190 Å². The fourth-order valence-corrected chi connectivity index (χ4v) is 3.01. The van der Waals surface area contributed by atoms with Gasteiger partial charge in [0.1, 0.15) is 29.7 Å². The minimum absolute atomic E-state index is 0.0389. The summed E-state index contributed by atoms with van der Waals surface area (Å²) in [5.41, 5.74) is 2.76. The first-order valence-electron chi connectivity index (χ1n) is 9.57. The van der Waals surface area contributed by atoms with Gasteiger partial charge in [0.25, 0.3) is 5.91 Å². The zero-order chi connectivity index (χ0) is 22.1. The van der Waals surface area contributed by atoms with Crippen LogP contribution in [0.4, 0.5) is 0 Å². The maximum Gasteiger partial charge on any atom is 0.262 e. The van der Waals surface area contributed by atoms with Crippen LogP contribution < -0.4 is 14.8 Å². The second-order valence-electron chi connectivity index (χ2n) is 6.68. The third kappa shape index (κ3) is 6.73. The monoisotopic (exact) mass is 476 g/mol. The van der Waals surface area contributed by atoms with Gasteiger partial charge in [0, 0.05) is 11.0 Å². The molecule has 0 unspecified atom stereocenters. The molecule has 0 aliphatic heterocycles. The molecule has 0 fully saturated rings. The topological polar surface area (TPSA) is 71.3 Å². The van der Waals surface area contributed by atoms with Crippen LogP contribution in [-0.4, -0.2) is 13.0 Å². The van der Waals surface area contributed by atoms with Crippen LogP contribution in [-0.2, 0) is 17.9 Å². The van der Waals surface area contributed by atoms with Crippen molar-refractivity contribution < 1.29 is 14.3 Å². The van der Waals surface area contributed by atoms with Gasteiger partial charge < -0.3 is 14.8 Å². The van der Waals surface area contributed by atoms with Crippen LogP contribution in [0.15, 0.2) is 82.8 Å².